The molecule has 0 spiro atoms. The van der Waals surface area contributed by atoms with Gasteiger partial charge in [-0.15, -0.1) is 23.7 Å². The Kier molecular flexibility index (Phi) is 7.55. The number of nitrogens with two attached hydrogens (primary N) is 1. The molecule has 4 nitrogen and oxygen atoms in total. The number of hydrogen-bond donors (Lipinski definition) is 2. The maximum atomic E-state index is 11.2. The lowest BCUT2D eigenvalue weighted by Crippen LogP contribution is -2.35. The van der Waals surface area contributed by atoms with Gasteiger partial charge in [0, 0.05) is 31.3 Å². The highest BCUT2D eigenvalue weighted by molar-refractivity contribution is 7.25. The van der Waals surface area contributed by atoms with Crippen LogP contribution < -0.4 is 5.73 Å². The van der Waals surface area contributed by atoms with Gasteiger partial charge in [0.1, 0.15) is 6.61 Å². The van der Waals surface area contributed by atoms with Gasteiger partial charge in [0.2, 0.25) is 0 Å². The molecule has 0 aliphatic heterocycles. The molecule has 0 saturated carbocycles. The molecular weight excluding hydrogens is 442 g/mol. The van der Waals surface area contributed by atoms with Crippen molar-refractivity contribution >= 4 is 49.9 Å². The van der Waals surface area contributed by atoms with E-state index < -0.39 is 11.5 Å². The molecule has 0 aliphatic rings. The molecule has 0 amide bonds. The smallest absolute Gasteiger partial charge is 0.305 e. The van der Waals surface area contributed by atoms with Crippen molar-refractivity contribution in [3.05, 3.63) is 83.4 Å². The zero-order valence-electron chi connectivity index (χ0n) is 17.6. The largest absolute Gasteiger partial charge is 0.481 e. The van der Waals surface area contributed by atoms with Crippen LogP contribution in [0.1, 0.15) is 30.0 Å². The van der Waals surface area contributed by atoms with Gasteiger partial charge < -0.3 is 15.6 Å². The molecular formula is C26H24ClNO3S. The first-order chi connectivity index (χ1) is 14.9. The summed E-state index contributed by atoms with van der Waals surface area (Å²) in [5.74, 6) is 5.35. The van der Waals surface area contributed by atoms with Gasteiger partial charge in [-0.3, -0.25) is 4.79 Å². The van der Waals surface area contributed by atoms with Crippen LogP contribution in [0.25, 0.3) is 20.2 Å². The Bertz CT molecular complexity index is 1300. The van der Waals surface area contributed by atoms with Crippen LogP contribution in [0.5, 0.6) is 0 Å². The molecule has 3 aromatic carbocycles. The average Bonchev–Trinajstić information content (AvgIpc) is 3.10. The number of ether oxygens (including phenoxy) is 1. The van der Waals surface area contributed by atoms with E-state index in [-0.39, 0.29) is 18.8 Å². The standard InChI is InChI=1S/C26H23NO3S.ClH/c1-26(27,16-25(28)29)20-10-12-24-22(15-20)21-14-18(9-11-23(21)31-24)8-5-13-30-17-19-6-3-2-4-7-19;/h2-4,6-7,9-12,14-15H,13,16-17,27H2,1H3,(H,28,29);1H. The van der Waals surface area contributed by atoms with Crippen LogP contribution in [0, 0.1) is 11.8 Å². The molecule has 6 heteroatoms. The van der Waals surface area contributed by atoms with Crippen LogP contribution in [0.15, 0.2) is 66.7 Å². The summed E-state index contributed by atoms with van der Waals surface area (Å²) in [6, 6.07) is 22.1. The van der Waals surface area contributed by atoms with Crippen molar-refractivity contribution in [3.8, 4) is 11.8 Å². The van der Waals surface area contributed by atoms with E-state index in [0.717, 1.165) is 36.9 Å². The van der Waals surface area contributed by atoms with Crippen molar-refractivity contribution in [2.75, 3.05) is 6.61 Å². The first-order valence-corrected chi connectivity index (χ1v) is 10.8. The fourth-order valence-corrected chi connectivity index (χ4v) is 4.63. The molecule has 0 fully saturated rings. The van der Waals surface area contributed by atoms with Crippen LogP contribution in [-0.4, -0.2) is 17.7 Å². The third-order valence-corrected chi connectivity index (χ3v) is 6.32. The number of hydrogen-bond acceptors (Lipinski definition) is 4. The Balaban J connectivity index is 0.00000289. The summed E-state index contributed by atoms with van der Waals surface area (Å²) in [5.41, 5.74) is 8.22. The maximum Gasteiger partial charge on any atom is 0.305 e. The fourth-order valence-electron chi connectivity index (χ4n) is 3.56. The monoisotopic (exact) mass is 465 g/mol. The van der Waals surface area contributed by atoms with Crippen LogP contribution in [0.3, 0.4) is 0 Å². The predicted molar refractivity (Wildman–Crippen MR) is 133 cm³/mol. The number of benzene rings is 3. The Labute approximate surface area is 197 Å². The first-order valence-electron chi connectivity index (χ1n) is 10.0. The van der Waals surface area contributed by atoms with Gasteiger partial charge >= 0.3 is 5.97 Å². The summed E-state index contributed by atoms with van der Waals surface area (Å²) in [7, 11) is 0. The number of rotatable bonds is 6. The molecule has 1 heterocycles. The lowest BCUT2D eigenvalue weighted by Gasteiger charge is -2.23. The molecule has 3 N–H and O–H groups in total. The molecule has 0 radical (unpaired) electrons. The third-order valence-electron chi connectivity index (χ3n) is 5.17. The topological polar surface area (TPSA) is 72.6 Å². The summed E-state index contributed by atoms with van der Waals surface area (Å²) >= 11 is 1.70. The van der Waals surface area contributed by atoms with Crippen molar-refractivity contribution < 1.29 is 14.6 Å². The predicted octanol–water partition coefficient (Wildman–Crippen LogP) is 5.69. The molecule has 0 aliphatic carbocycles. The normalized spacial score (nSPS) is 12.6. The van der Waals surface area contributed by atoms with Crippen LogP contribution >= 0.6 is 23.7 Å². The first kappa shape index (κ1) is 23.8. The number of carboxylic acid groups (broad SMARTS) is 1. The van der Waals surface area contributed by atoms with Gasteiger partial charge in [0.25, 0.3) is 0 Å². The molecule has 1 unspecified atom stereocenters. The number of carbonyl (C=O) groups is 1. The minimum Gasteiger partial charge on any atom is -0.481 e. The zero-order chi connectivity index (χ0) is 21.8. The van der Waals surface area contributed by atoms with E-state index in [1.165, 1.54) is 0 Å². The van der Waals surface area contributed by atoms with E-state index in [2.05, 4.69) is 24.0 Å². The summed E-state index contributed by atoms with van der Waals surface area (Å²) in [4.78, 5) is 11.2. The van der Waals surface area contributed by atoms with Gasteiger partial charge in [0.15, 0.2) is 0 Å². The number of fused-ring (bicyclic) bond motifs is 3. The summed E-state index contributed by atoms with van der Waals surface area (Å²) in [6.07, 6.45) is -0.125. The highest BCUT2D eigenvalue weighted by Gasteiger charge is 2.25. The minimum absolute atomic E-state index is 0. The molecule has 1 atom stereocenters. The summed E-state index contributed by atoms with van der Waals surface area (Å²) < 4.78 is 7.94. The average molecular weight is 466 g/mol. The molecule has 164 valence electrons. The van der Waals surface area contributed by atoms with Crippen LogP contribution in [0.2, 0.25) is 0 Å². The van der Waals surface area contributed by atoms with E-state index >= 15 is 0 Å². The molecule has 4 rings (SSSR count). The number of carboxylic acids is 1. The second kappa shape index (κ2) is 10.2. The van der Waals surface area contributed by atoms with E-state index in [0.29, 0.717) is 13.2 Å². The highest BCUT2D eigenvalue weighted by atomic mass is 35.5. The van der Waals surface area contributed by atoms with E-state index in [1.54, 1.807) is 18.3 Å². The number of aliphatic carboxylic acids is 1. The quantitative estimate of drug-likeness (QED) is 0.283. The third kappa shape index (κ3) is 5.48. The maximum absolute atomic E-state index is 11.2. The van der Waals surface area contributed by atoms with E-state index in [9.17, 15) is 9.90 Å². The van der Waals surface area contributed by atoms with Crippen molar-refractivity contribution in [3.63, 3.8) is 0 Å². The second-order valence-electron chi connectivity index (χ2n) is 7.79. The molecule has 32 heavy (non-hydrogen) atoms. The van der Waals surface area contributed by atoms with E-state index in [1.807, 2.05) is 54.6 Å². The van der Waals surface area contributed by atoms with Crippen molar-refractivity contribution in [2.24, 2.45) is 5.73 Å². The molecule has 1 aromatic heterocycles. The highest BCUT2D eigenvalue weighted by Crippen LogP contribution is 2.36. The lowest BCUT2D eigenvalue weighted by atomic mass is 9.89. The number of halogens is 1. The van der Waals surface area contributed by atoms with Gasteiger partial charge in [-0.1, -0.05) is 48.2 Å². The Morgan fingerprint density at radius 1 is 1.06 bits per heavy atom. The number of thiophene rings is 1. The van der Waals surface area contributed by atoms with Crippen LogP contribution in [-0.2, 0) is 21.7 Å². The van der Waals surface area contributed by atoms with Crippen molar-refractivity contribution in [2.45, 2.75) is 25.5 Å². The van der Waals surface area contributed by atoms with E-state index in [4.69, 9.17) is 10.5 Å². The van der Waals surface area contributed by atoms with Gasteiger partial charge in [0.05, 0.1) is 13.0 Å². The SMILES string of the molecule is CC(N)(CC(=O)O)c1ccc2sc3ccc(C#CCOCc4ccccc4)cc3c2c1.Cl. The molecule has 4 aromatic rings. The lowest BCUT2D eigenvalue weighted by molar-refractivity contribution is -0.138. The summed E-state index contributed by atoms with van der Waals surface area (Å²) in [6.45, 7) is 2.66. The zero-order valence-corrected chi connectivity index (χ0v) is 19.3. The molecule has 0 bridgehead atoms. The van der Waals surface area contributed by atoms with Crippen molar-refractivity contribution in [1.29, 1.82) is 0 Å². The van der Waals surface area contributed by atoms with Gasteiger partial charge in [-0.2, -0.15) is 0 Å². The summed E-state index contributed by atoms with van der Waals surface area (Å²) in [5, 5.41) is 11.3. The Hall–Kier alpha value is -2.88. The second-order valence-corrected chi connectivity index (χ2v) is 8.88. The van der Waals surface area contributed by atoms with Crippen LogP contribution in [0.4, 0.5) is 0 Å². The molecule has 0 saturated heterocycles. The fraction of sp³-hybridized carbons (Fsp3) is 0.192. The minimum atomic E-state index is -0.929. The van der Waals surface area contributed by atoms with Gasteiger partial charge in [-0.25, -0.2) is 0 Å². The Morgan fingerprint density at radius 3 is 2.47 bits per heavy atom. The van der Waals surface area contributed by atoms with Gasteiger partial charge in [-0.05, 0) is 48.4 Å². The van der Waals surface area contributed by atoms with Crippen molar-refractivity contribution in [1.82, 2.24) is 0 Å². The Morgan fingerprint density at radius 2 is 1.75 bits per heavy atom.